The summed E-state index contributed by atoms with van der Waals surface area (Å²) in [5.41, 5.74) is 0. The van der Waals surface area contributed by atoms with E-state index in [4.69, 9.17) is 14.2 Å². The SMILES string of the molecule is CCCCCCCCC/C=C\C=C/CCCCCC(=O)OCC(COC(=O)CCCCCCCCCCCCCCCCCC)OC(=O)CCCCCCC/C=C\CCCCCCCCC. The van der Waals surface area contributed by atoms with Gasteiger partial charge in [-0.05, 0) is 70.6 Å². The second-order valence-corrected chi connectivity index (χ2v) is 19.6. The Labute approximate surface area is 410 Å². The van der Waals surface area contributed by atoms with Gasteiger partial charge in [0.25, 0.3) is 0 Å². The molecule has 0 aliphatic rings. The van der Waals surface area contributed by atoms with Crippen molar-refractivity contribution in [2.45, 2.75) is 316 Å². The number of allylic oxidation sites excluding steroid dienone is 6. The number of esters is 3. The topological polar surface area (TPSA) is 78.9 Å². The molecular formula is C60H110O6. The Bertz CT molecular complexity index is 1110. The molecule has 0 aromatic heterocycles. The average Bonchev–Trinajstić information content (AvgIpc) is 3.31. The van der Waals surface area contributed by atoms with Gasteiger partial charge >= 0.3 is 17.9 Å². The summed E-state index contributed by atoms with van der Waals surface area (Å²) in [6.07, 6.45) is 65.6. The molecule has 0 aromatic carbocycles. The van der Waals surface area contributed by atoms with Gasteiger partial charge in [0.2, 0.25) is 0 Å². The number of hydrogen-bond donors (Lipinski definition) is 0. The largest absolute Gasteiger partial charge is 0.462 e. The van der Waals surface area contributed by atoms with Crippen molar-refractivity contribution in [3.05, 3.63) is 36.5 Å². The zero-order valence-electron chi connectivity index (χ0n) is 44.2. The fourth-order valence-corrected chi connectivity index (χ4v) is 8.49. The Kier molecular flexibility index (Phi) is 53.2. The lowest BCUT2D eigenvalue weighted by molar-refractivity contribution is -0.167. The number of hydrogen-bond acceptors (Lipinski definition) is 6. The minimum atomic E-state index is -0.784. The van der Waals surface area contributed by atoms with E-state index in [1.165, 1.54) is 186 Å². The van der Waals surface area contributed by atoms with E-state index in [1.54, 1.807) is 0 Å². The van der Waals surface area contributed by atoms with Crippen molar-refractivity contribution in [3.8, 4) is 0 Å². The fourth-order valence-electron chi connectivity index (χ4n) is 8.49. The first-order valence-electron chi connectivity index (χ1n) is 29.0. The van der Waals surface area contributed by atoms with E-state index in [9.17, 15) is 14.4 Å². The summed E-state index contributed by atoms with van der Waals surface area (Å²) < 4.78 is 16.9. The number of carbonyl (C=O) groups excluding carboxylic acids is 3. The second-order valence-electron chi connectivity index (χ2n) is 19.6. The van der Waals surface area contributed by atoms with Crippen LogP contribution in [0.25, 0.3) is 0 Å². The van der Waals surface area contributed by atoms with Crippen LogP contribution in [0.2, 0.25) is 0 Å². The standard InChI is InChI=1S/C60H110O6/c1-4-7-10-13-16-19-22-25-28-31-34-37-40-43-46-49-52-58(61)64-55-57(66-60(63)54-51-48-45-42-39-36-33-30-27-24-21-18-15-12-9-6-3)56-65-59(62)53-50-47-44-41-38-35-32-29-26-23-20-17-14-11-8-5-2/h28,30-31,33-34,37,57H,4-27,29,32,35-36,38-56H2,1-3H3/b31-28-,33-30-,37-34-. The van der Waals surface area contributed by atoms with Gasteiger partial charge in [-0.15, -0.1) is 0 Å². The quantitative estimate of drug-likeness (QED) is 0.0199. The molecule has 0 rings (SSSR count). The van der Waals surface area contributed by atoms with E-state index < -0.39 is 6.10 Å². The molecule has 0 amide bonds. The molecule has 0 saturated heterocycles. The summed E-state index contributed by atoms with van der Waals surface area (Å²) in [4.78, 5) is 38.1. The Balaban J connectivity index is 4.39. The molecule has 0 bridgehead atoms. The van der Waals surface area contributed by atoms with E-state index in [0.717, 1.165) is 83.5 Å². The van der Waals surface area contributed by atoms with E-state index in [0.29, 0.717) is 19.3 Å². The summed E-state index contributed by atoms with van der Waals surface area (Å²) in [5.74, 6) is -0.899. The molecule has 1 atom stereocenters. The predicted octanol–water partition coefficient (Wildman–Crippen LogP) is 19.3. The van der Waals surface area contributed by atoms with Crippen LogP contribution in [-0.2, 0) is 28.6 Å². The lowest BCUT2D eigenvalue weighted by atomic mass is 10.0. The van der Waals surface area contributed by atoms with Crippen LogP contribution in [0, 0.1) is 0 Å². The first-order chi connectivity index (χ1) is 32.5. The highest BCUT2D eigenvalue weighted by atomic mass is 16.6. The number of unbranched alkanes of at least 4 members (excludes halogenated alkanes) is 37. The number of ether oxygens (including phenoxy) is 3. The van der Waals surface area contributed by atoms with Gasteiger partial charge < -0.3 is 14.2 Å². The van der Waals surface area contributed by atoms with Crippen molar-refractivity contribution in [2.24, 2.45) is 0 Å². The van der Waals surface area contributed by atoms with Crippen LogP contribution >= 0.6 is 0 Å². The summed E-state index contributed by atoms with van der Waals surface area (Å²) in [6.45, 7) is 6.64. The molecule has 0 heterocycles. The highest BCUT2D eigenvalue weighted by Crippen LogP contribution is 2.16. The van der Waals surface area contributed by atoms with Gasteiger partial charge in [-0.1, -0.05) is 256 Å². The van der Waals surface area contributed by atoms with Crippen molar-refractivity contribution in [3.63, 3.8) is 0 Å². The van der Waals surface area contributed by atoms with Gasteiger partial charge in [0.05, 0.1) is 0 Å². The highest BCUT2D eigenvalue weighted by molar-refractivity contribution is 5.71. The lowest BCUT2D eigenvalue weighted by Crippen LogP contribution is -2.30. The molecule has 0 saturated carbocycles. The number of carbonyl (C=O) groups is 3. The normalized spacial score (nSPS) is 12.2. The molecule has 0 spiro atoms. The Morgan fingerprint density at radius 1 is 0.303 bits per heavy atom. The molecule has 0 fully saturated rings. The molecule has 0 aromatic rings. The summed E-state index contributed by atoms with van der Waals surface area (Å²) >= 11 is 0. The maximum Gasteiger partial charge on any atom is 0.306 e. The van der Waals surface area contributed by atoms with Crippen LogP contribution < -0.4 is 0 Å². The third-order valence-electron chi connectivity index (χ3n) is 12.9. The summed E-state index contributed by atoms with van der Waals surface area (Å²) in [5, 5.41) is 0. The minimum absolute atomic E-state index is 0.0803. The molecule has 386 valence electrons. The average molecular weight is 928 g/mol. The van der Waals surface area contributed by atoms with Crippen molar-refractivity contribution >= 4 is 17.9 Å². The van der Waals surface area contributed by atoms with Gasteiger partial charge in [0, 0.05) is 19.3 Å². The van der Waals surface area contributed by atoms with Gasteiger partial charge in [-0.25, -0.2) is 0 Å². The molecule has 66 heavy (non-hydrogen) atoms. The molecule has 6 heteroatoms. The summed E-state index contributed by atoms with van der Waals surface area (Å²) in [7, 11) is 0. The van der Waals surface area contributed by atoms with E-state index in [1.807, 2.05) is 0 Å². The van der Waals surface area contributed by atoms with Gasteiger partial charge in [-0.3, -0.25) is 14.4 Å². The van der Waals surface area contributed by atoms with Gasteiger partial charge in [-0.2, -0.15) is 0 Å². The van der Waals surface area contributed by atoms with E-state index in [2.05, 4.69) is 57.2 Å². The molecule has 0 N–H and O–H groups in total. The molecule has 0 aliphatic carbocycles. The van der Waals surface area contributed by atoms with E-state index in [-0.39, 0.29) is 31.1 Å². The zero-order valence-corrected chi connectivity index (χ0v) is 44.2. The van der Waals surface area contributed by atoms with Gasteiger partial charge in [0.1, 0.15) is 13.2 Å². The van der Waals surface area contributed by atoms with E-state index >= 15 is 0 Å². The van der Waals surface area contributed by atoms with Crippen LogP contribution in [0.4, 0.5) is 0 Å². The minimum Gasteiger partial charge on any atom is -0.462 e. The van der Waals surface area contributed by atoms with Crippen molar-refractivity contribution in [2.75, 3.05) is 13.2 Å². The Hall–Kier alpha value is -2.37. The first-order valence-corrected chi connectivity index (χ1v) is 29.0. The molecular weight excluding hydrogens is 817 g/mol. The smallest absolute Gasteiger partial charge is 0.306 e. The maximum atomic E-state index is 12.8. The molecule has 0 aliphatic heterocycles. The predicted molar refractivity (Wildman–Crippen MR) is 284 cm³/mol. The van der Waals surface area contributed by atoms with Crippen molar-refractivity contribution in [1.29, 1.82) is 0 Å². The summed E-state index contributed by atoms with van der Waals surface area (Å²) in [6, 6.07) is 0. The third kappa shape index (κ3) is 52.6. The fraction of sp³-hybridized carbons (Fsp3) is 0.850. The molecule has 1 unspecified atom stereocenters. The first kappa shape index (κ1) is 63.6. The van der Waals surface area contributed by atoms with Crippen molar-refractivity contribution in [1.82, 2.24) is 0 Å². The molecule has 6 nitrogen and oxygen atoms in total. The van der Waals surface area contributed by atoms with Crippen LogP contribution in [0.3, 0.4) is 0 Å². The van der Waals surface area contributed by atoms with Gasteiger partial charge in [0.15, 0.2) is 6.10 Å². The second kappa shape index (κ2) is 55.2. The lowest BCUT2D eigenvalue weighted by Gasteiger charge is -2.18. The zero-order chi connectivity index (χ0) is 47.9. The Morgan fingerprint density at radius 3 is 0.864 bits per heavy atom. The highest BCUT2D eigenvalue weighted by Gasteiger charge is 2.19. The van der Waals surface area contributed by atoms with Crippen molar-refractivity contribution < 1.29 is 28.6 Å². The third-order valence-corrected chi connectivity index (χ3v) is 12.9. The Morgan fingerprint density at radius 2 is 0.545 bits per heavy atom. The molecule has 0 radical (unpaired) electrons. The maximum absolute atomic E-state index is 12.8. The van der Waals surface area contributed by atoms with Crippen LogP contribution in [-0.4, -0.2) is 37.2 Å². The van der Waals surface area contributed by atoms with Crippen LogP contribution in [0.15, 0.2) is 36.5 Å². The van der Waals surface area contributed by atoms with Crippen LogP contribution in [0.1, 0.15) is 310 Å². The number of rotatable bonds is 53. The van der Waals surface area contributed by atoms with Crippen LogP contribution in [0.5, 0.6) is 0 Å². The monoisotopic (exact) mass is 927 g/mol.